The Balaban J connectivity index is 1.63. The Bertz CT molecular complexity index is 327. The molecule has 0 unspecified atom stereocenters. The van der Waals surface area contributed by atoms with Crippen LogP contribution in [-0.4, -0.2) is 36.5 Å². The molecule has 0 radical (unpaired) electrons. The first-order valence-corrected chi connectivity index (χ1v) is 7.41. The molecule has 1 saturated carbocycles. The van der Waals surface area contributed by atoms with Crippen molar-refractivity contribution < 1.29 is 4.74 Å². The Morgan fingerprint density at radius 3 is 2.56 bits per heavy atom. The van der Waals surface area contributed by atoms with E-state index in [0.717, 1.165) is 43.8 Å². The van der Waals surface area contributed by atoms with Crippen molar-refractivity contribution in [1.82, 2.24) is 4.90 Å². The summed E-state index contributed by atoms with van der Waals surface area (Å²) in [6.07, 6.45) is 5.14. The van der Waals surface area contributed by atoms with Crippen molar-refractivity contribution in [2.45, 2.75) is 31.7 Å². The summed E-state index contributed by atoms with van der Waals surface area (Å²) in [6.45, 7) is 2.90. The molecule has 0 heterocycles. The lowest BCUT2D eigenvalue weighted by Gasteiger charge is -2.37. The maximum Gasteiger partial charge on any atom is 0.119 e. The number of hydrogen-bond acceptors (Lipinski definition) is 2. The number of ether oxygens (including phenoxy) is 1. The third-order valence-corrected chi connectivity index (χ3v) is 3.73. The molecule has 1 aliphatic rings. The highest BCUT2D eigenvalue weighted by Crippen LogP contribution is 2.24. The van der Waals surface area contributed by atoms with Crippen LogP contribution in [0.1, 0.15) is 25.7 Å². The van der Waals surface area contributed by atoms with E-state index in [-0.39, 0.29) is 0 Å². The fraction of sp³-hybridized carbons (Fsp3) is 0.600. The van der Waals surface area contributed by atoms with Gasteiger partial charge in [0.05, 0.1) is 6.61 Å². The first kappa shape index (κ1) is 13.7. The minimum atomic E-state index is 0.732. The summed E-state index contributed by atoms with van der Waals surface area (Å²) in [5, 5.41) is 0. The first-order valence-electron chi connectivity index (χ1n) is 6.88. The van der Waals surface area contributed by atoms with Crippen LogP contribution in [0, 0.1) is 0 Å². The van der Waals surface area contributed by atoms with Gasteiger partial charge in [-0.15, -0.1) is 11.6 Å². The lowest BCUT2D eigenvalue weighted by atomic mass is 9.91. The topological polar surface area (TPSA) is 12.5 Å². The average molecular weight is 268 g/mol. The number of rotatable bonds is 8. The van der Waals surface area contributed by atoms with Crippen LogP contribution >= 0.6 is 11.6 Å². The van der Waals surface area contributed by atoms with Gasteiger partial charge >= 0.3 is 0 Å². The molecule has 3 heteroatoms. The van der Waals surface area contributed by atoms with Gasteiger partial charge in [0, 0.05) is 25.0 Å². The summed E-state index contributed by atoms with van der Waals surface area (Å²) in [5.41, 5.74) is 0. The van der Waals surface area contributed by atoms with E-state index in [9.17, 15) is 0 Å². The lowest BCUT2D eigenvalue weighted by Crippen LogP contribution is -2.42. The molecule has 100 valence electrons. The average Bonchev–Trinajstić information content (AvgIpc) is 2.34. The third kappa shape index (κ3) is 4.18. The molecule has 2 nitrogen and oxygen atoms in total. The molecule has 1 aromatic carbocycles. The normalized spacial score (nSPS) is 15.7. The van der Waals surface area contributed by atoms with Gasteiger partial charge in [0.1, 0.15) is 5.75 Å². The molecular formula is C15H22ClNO. The number of para-hydroxylation sites is 1. The quantitative estimate of drug-likeness (QED) is 0.528. The molecule has 0 aliphatic heterocycles. The van der Waals surface area contributed by atoms with E-state index < -0.39 is 0 Å². The largest absolute Gasteiger partial charge is 0.494 e. The predicted molar refractivity (Wildman–Crippen MR) is 76.5 cm³/mol. The van der Waals surface area contributed by atoms with E-state index in [0.29, 0.717) is 0 Å². The van der Waals surface area contributed by atoms with Crippen molar-refractivity contribution in [3.05, 3.63) is 30.3 Å². The fourth-order valence-electron chi connectivity index (χ4n) is 2.31. The van der Waals surface area contributed by atoms with Crippen molar-refractivity contribution in [2.75, 3.05) is 25.6 Å². The molecule has 0 N–H and O–H groups in total. The van der Waals surface area contributed by atoms with Crippen LogP contribution in [0.5, 0.6) is 5.75 Å². The van der Waals surface area contributed by atoms with E-state index in [1.807, 2.05) is 30.3 Å². The Labute approximate surface area is 115 Å². The van der Waals surface area contributed by atoms with Crippen LogP contribution in [0.2, 0.25) is 0 Å². The molecule has 1 aliphatic carbocycles. The second-order valence-electron chi connectivity index (χ2n) is 4.82. The number of alkyl halides is 1. The Morgan fingerprint density at radius 1 is 1.17 bits per heavy atom. The summed E-state index contributed by atoms with van der Waals surface area (Å²) in [4.78, 5) is 2.52. The molecule has 18 heavy (non-hydrogen) atoms. The van der Waals surface area contributed by atoms with E-state index in [1.54, 1.807) is 0 Å². The Morgan fingerprint density at radius 2 is 1.94 bits per heavy atom. The zero-order valence-electron chi connectivity index (χ0n) is 10.9. The number of halogens is 1. The van der Waals surface area contributed by atoms with Crippen LogP contribution in [0.15, 0.2) is 30.3 Å². The van der Waals surface area contributed by atoms with Gasteiger partial charge in [-0.1, -0.05) is 24.6 Å². The summed E-state index contributed by atoms with van der Waals surface area (Å²) in [6, 6.07) is 10.8. The summed E-state index contributed by atoms with van der Waals surface area (Å²) in [7, 11) is 0. The van der Waals surface area contributed by atoms with Crippen LogP contribution in [-0.2, 0) is 0 Å². The van der Waals surface area contributed by atoms with Gasteiger partial charge in [0.25, 0.3) is 0 Å². The minimum Gasteiger partial charge on any atom is -0.494 e. The Kier molecular flexibility index (Phi) is 5.82. The van der Waals surface area contributed by atoms with Gasteiger partial charge < -0.3 is 4.74 Å². The van der Waals surface area contributed by atoms with E-state index in [4.69, 9.17) is 16.3 Å². The first-order chi connectivity index (χ1) is 8.90. The molecular weight excluding hydrogens is 246 g/mol. The highest BCUT2D eigenvalue weighted by molar-refractivity contribution is 6.18. The van der Waals surface area contributed by atoms with Crippen LogP contribution < -0.4 is 4.74 Å². The van der Waals surface area contributed by atoms with E-state index in [1.165, 1.54) is 19.3 Å². The predicted octanol–water partition coefficient (Wildman–Crippen LogP) is 3.55. The fourth-order valence-corrected chi connectivity index (χ4v) is 2.53. The monoisotopic (exact) mass is 267 g/mol. The zero-order chi connectivity index (χ0) is 12.6. The number of nitrogens with zero attached hydrogens (tertiary/aromatic N) is 1. The van der Waals surface area contributed by atoms with Gasteiger partial charge in [-0.2, -0.15) is 0 Å². The molecule has 0 bridgehead atoms. The molecule has 0 atom stereocenters. The molecule has 0 spiro atoms. The number of benzene rings is 1. The second-order valence-corrected chi connectivity index (χ2v) is 5.20. The number of hydrogen-bond donors (Lipinski definition) is 0. The van der Waals surface area contributed by atoms with Crippen molar-refractivity contribution in [1.29, 1.82) is 0 Å². The van der Waals surface area contributed by atoms with Crippen molar-refractivity contribution >= 4 is 11.6 Å². The van der Waals surface area contributed by atoms with E-state index in [2.05, 4.69) is 4.90 Å². The van der Waals surface area contributed by atoms with Gasteiger partial charge in [-0.3, -0.25) is 4.90 Å². The van der Waals surface area contributed by atoms with Gasteiger partial charge in [-0.05, 0) is 31.4 Å². The summed E-state index contributed by atoms with van der Waals surface area (Å²) in [5.74, 6) is 1.70. The van der Waals surface area contributed by atoms with Crippen molar-refractivity contribution in [2.24, 2.45) is 0 Å². The molecule has 0 saturated heterocycles. The highest BCUT2D eigenvalue weighted by atomic mass is 35.5. The summed E-state index contributed by atoms with van der Waals surface area (Å²) < 4.78 is 5.71. The highest BCUT2D eigenvalue weighted by Gasteiger charge is 2.23. The van der Waals surface area contributed by atoms with Crippen molar-refractivity contribution in [3.63, 3.8) is 0 Å². The third-order valence-electron chi connectivity index (χ3n) is 3.56. The van der Waals surface area contributed by atoms with Crippen LogP contribution in [0.25, 0.3) is 0 Å². The van der Waals surface area contributed by atoms with Gasteiger partial charge in [-0.25, -0.2) is 0 Å². The van der Waals surface area contributed by atoms with Gasteiger partial charge in [0.2, 0.25) is 0 Å². The van der Waals surface area contributed by atoms with Crippen LogP contribution in [0.4, 0.5) is 0 Å². The molecule has 0 amide bonds. The maximum atomic E-state index is 5.86. The molecule has 1 fully saturated rings. The molecule has 2 rings (SSSR count). The van der Waals surface area contributed by atoms with Crippen LogP contribution in [0.3, 0.4) is 0 Å². The van der Waals surface area contributed by atoms with Crippen molar-refractivity contribution in [3.8, 4) is 5.75 Å². The lowest BCUT2D eigenvalue weighted by molar-refractivity contribution is 0.126. The smallest absolute Gasteiger partial charge is 0.119 e. The second kappa shape index (κ2) is 7.65. The summed E-state index contributed by atoms with van der Waals surface area (Å²) >= 11 is 5.86. The molecule has 0 aromatic heterocycles. The molecule has 1 aromatic rings. The minimum absolute atomic E-state index is 0.732. The maximum absolute atomic E-state index is 5.86. The van der Waals surface area contributed by atoms with E-state index >= 15 is 0 Å². The zero-order valence-corrected chi connectivity index (χ0v) is 11.6. The SMILES string of the molecule is ClCCN(CCCOc1ccccc1)C1CCC1. The Hall–Kier alpha value is -0.730. The standard InChI is InChI=1S/C15H22ClNO/c16-10-12-17(14-6-4-7-14)11-5-13-18-15-8-2-1-3-9-15/h1-3,8-9,14H,4-7,10-13H2. The van der Waals surface area contributed by atoms with Gasteiger partial charge in [0.15, 0.2) is 0 Å².